The second-order valence-corrected chi connectivity index (χ2v) is 7.24. The Labute approximate surface area is 129 Å². The first-order valence-corrected chi connectivity index (χ1v) is 8.84. The molecule has 2 N–H and O–H groups in total. The molecule has 1 aromatic carbocycles. The van der Waals surface area contributed by atoms with Crippen molar-refractivity contribution < 1.29 is 13.2 Å². The molecule has 0 spiro atoms. The number of carbonyl (C=O) groups excluding carboxylic acids is 1. The maximum absolute atomic E-state index is 11.9. The third-order valence-corrected chi connectivity index (χ3v) is 4.01. The van der Waals surface area contributed by atoms with Crippen molar-refractivity contribution in [3.05, 3.63) is 35.4 Å². The van der Waals surface area contributed by atoms with E-state index >= 15 is 0 Å². The number of anilines is 2. The van der Waals surface area contributed by atoms with Gasteiger partial charge in [-0.1, -0.05) is 23.8 Å². The lowest BCUT2D eigenvalue weighted by Gasteiger charge is -2.11. The first-order valence-electron chi connectivity index (χ1n) is 6.57. The van der Waals surface area contributed by atoms with Crippen molar-refractivity contribution in [3.63, 3.8) is 0 Å². The van der Waals surface area contributed by atoms with Gasteiger partial charge in [0.25, 0.3) is 0 Å². The van der Waals surface area contributed by atoms with Gasteiger partial charge in [-0.15, -0.1) is 0 Å². The fourth-order valence-corrected chi connectivity index (χ4v) is 3.05. The molecule has 5 nitrogen and oxygen atoms in total. The van der Waals surface area contributed by atoms with Gasteiger partial charge in [0, 0.05) is 12.1 Å². The van der Waals surface area contributed by atoms with E-state index in [1.807, 2.05) is 0 Å². The van der Waals surface area contributed by atoms with E-state index in [1.54, 1.807) is 6.07 Å². The standard InChI is InChI=1S/C14H17ClN2O3S/c1-21(19,20)17-13-7-6-11(9-12(13)15)16-14(18)8-10-4-2-3-5-10/h2,4,6-7,9-10,17H,3,5,8H2,1H3,(H,16,18). The normalized spacial score (nSPS) is 17.7. The smallest absolute Gasteiger partial charge is 0.229 e. The van der Waals surface area contributed by atoms with E-state index in [0.29, 0.717) is 18.0 Å². The fraction of sp³-hybridized carbons (Fsp3) is 0.357. The van der Waals surface area contributed by atoms with Gasteiger partial charge >= 0.3 is 0 Å². The van der Waals surface area contributed by atoms with Crippen LogP contribution in [-0.2, 0) is 14.8 Å². The fourth-order valence-electron chi connectivity index (χ4n) is 2.19. The first kappa shape index (κ1) is 15.9. The van der Waals surface area contributed by atoms with Gasteiger partial charge in [-0.05, 0) is 37.0 Å². The molecule has 0 bridgehead atoms. The van der Waals surface area contributed by atoms with Gasteiger partial charge in [0.2, 0.25) is 15.9 Å². The molecular formula is C14H17ClN2O3S. The highest BCUT2D eigenvalue weighted by atomic mass is 35.5. The van der Waals surface area contributed by atoms with Gasteiger partial charge in [0.15, 0.2) is 0 Å². The summed E-state index contributed by atoms with van der Waals surface area (Å²) >= 11 is 6.00. The molecule has 2 rings (SSSR count). The summed E-state index contributed by atoms with van der Waals surface area (Å²) in [6.45, 7) is 0. The SMILES string of the molecule is CS(=O)(=O)Nc1ccc(NC(=O)CC2C=CCC2)cc1Cl. The summed E-state index contributed by atoms with van der Waals surface area (Å²) in [4.78, 5) is 11.9. The molecule has 0 heterocycles. The molecular weight excluding hydrogens is 312 g/mol. The summed E-state index contributed by atoms with van der Waals surface area (Å²) in [6, 6.07) is 4.66. The lowest BCUT2D eigenvalue weighted by Crippen LogP contribution is -2.15. The summed E-state index contributed by atoms with van der Waals surface area (Å²) in [5, 5.41) is 3.00. The zero-order valence-electron chi connectivity index (χ0n) is 11.6. The van der Waals surface area contributed by atoms with Gasteiger partial charge in [-0.2, -0.15) is 0 Å². The molecule has 1 amide bonds. The van der Waals surface area contributed by atoms with Crippen molar-refractivity contribution in [1.82, 2.24) is 0 Å². The quantitative estimate of drug-likeness (QED) is 0.816. The van der Waals surface area contributed by atoms with E-state index in [-0.39, 0.29) is 16.6 Å². The van der Waals surface area contributed by atoms with Gasteiger partial charge in [0.05, 0.1) is 17.0 Å². The zero-order valence-corrected chi connectivity index (χ0v) is 13.2. The molecule has 0 fully saturated rings. The van der Waals surface area contributed by atoms with Crippen LogP contribution in [0.25, 0.3) is 0 Å². The number of hydrogen-bond acceptors (Lipinski definition) is 3. The van der Waals surface area contributed by atoms with Crippen LogP contribution in [0.15, 0.2) is 30.4 Å². The molecule has 0 radical (unpaired) electrons. The minimum Gasteiger partial charge on any atom is -0.326 e. The Morgan fingerprint density at radius 3 is 2.76 bits per heavy atom. The van der Waals surface area contributed by atoms with Gasteiger partial charge in [-0.25, -0.2) is 8.42 Å². The highest BCUT2D eigenvalue weighted by molar-refractivity contribution is 7.92. The Morgan fingerprint density at radius 1 is 1.43 bits per heavy atom. The maximum atomic E-state index is 11.9. The van der Waals surface area contributed by atoms with Crippen LogP contribution in [0.3, 0.4) is 0 Å². The molecule has 0 aromatic heterocycles. The maximum Gasteiger partial charge on any atom is 0.229 e. The number of nitrogens with one attached hydrogen (secondary N) is 2. The number of benzene rings is 1. The highest BCUT2D eigenvalue weighted by Crippen LogP contribution is 2.27. The number of halogens is 1. The van der Waals surface area contributed by atoms with Crippen molar-refractivity contribution in [2.24, 2.45) is 5.92 Å². The van der Waals surface area contributed by atoms with E-state index < -0.39 is 10.0 Å². The van der Waals surface area contributed by atoms with Crippen LogP contribution in [0.4, 0.5) is 11.4 Å². The third-order valence-electron chi connectivity index (χ3n) is 3.11. The summed E-state index contributed by atoms with van der Waals surface area (Å²) in [5.74, 6) is 0.220. The predicted molar refractivity (Wildman–Crippen MR) is 85.0 cm³/mol. The van der Waals surface area contributed by atoms with Crippen molar-refractivity contribution in [2.75, 3.05) is 16.3 Å². The second kappa shape index (κ2) is 6.49. The van der Waals surface area contributed by atoms with Crippen LogP contribution in [0, 0.1) is 5.92 Å². The summed E-state index contributed by atoms with van der Waals surface area (Å²) in [6.07, 6.45) is 7.67. The Kier molecular flexibility index (Phi) is 4.90. The zero-order chi connectivity index (χ0) is 15.5. The Hall–Kier alpha value is -1.53. The molecule has 0 aliphatic heterocycles. The predicted octanol–water partition coefficient (Wildman–Crippen LogP) is 3.01. The summed E-state index contributed by atoms with van der Waals surface area (Å²) < 4.78 is 24.6. The number of carbonyl (C=O) groups is 1. The summed E-state index contributed by atoms with van der Waals surface area (Å²) in [7, 11) is -3.38. The summed E-state index contributed by atoms with van der Waals surface area (Å²) in [5.41, 5.74) is 0.835. The monoisotopic (exact) mass is 328 g/mol. The number of amides is 1. The van der Waals surface area contributed by atoms with Crippen LogP contribution < -0.4 is 10.0 Å². The van der Waals surface area contributed by atoms with Gasteiger partial charge in [-0.3, -0.25) is 9.52 Å². The van der Waals surface area contributed by atoms with Crippen LogP contribution >= 0.6 is 11.6 Å². The molecule has 7 heteroatoms. The van der Waals surface area contributed by atoms with Crippen LogP contribution in [-0.4, -0.2) is 20.6 Å². The number of allylic oxidation sites excluding steroid dienone is 2. The average Bonchev–Trinajstić information content (AvgIpc) is 2.84. The molecule has 0 saturated heterocycles. The van der Waals surface area contributed by atoms with E-state index in [4.69, 9.17) is 11.6 Å². The highest BCUT2D eigenvalue weighted by Gasteiger charge is 2.14. The van der Waals surface area contributed by atoms with Crippen molar-refractivity contribution in [1.29, 1.82) is 0 Å². The Morgan fingerprint density at radius 2 is 2.19 bits per heavy atom. The molecule has 1 aliphatic rings. The van der Waals surface area contributed by atoms with E-state index in [1.165, 1.54) is 12.1 Å². The van der Waals surface area contributed by atoms with Crippen LogP contribution in [0.5, 0.6) is 0 Å². The first-order chi connectivity index (χ1) is 9.83. The molecule has 21 heavy (non-hydrogen) atoms. The van der Waals surface area contributed by atoms with Crippen LogP contribution in [0.1, 0.15) is 19.3 Å². The second-order valence-electron chi connectivity index (χ2n) is 5.09. The molecule has 1 aliphatic carbocycles. The number of hydrogen-bond donors (Lipinski definition) is 2. The van der Waals surface area contributed by atoms with Gasteiger partial charge in [0.1, 0.15) is 0 Å². The van der Waals surface area contributed by atoms with E-state index in [2.05, 4.69) is 22.2 Å². The lowest BCUT2D eigenvalue weighted by molar-refractivity contribution is -0.116. The van der Waals surface area contributed by atoms with Crippen molar-refractivity contribution >= 4 is 38.9 Å². The third kappa shape index (κ3) is 5.06. The lowest BCUT2D eigenvalue weighted by atomic mass is 10.1. The minimum atomic E-state index is -3.38. The molecule has 114 valence electrons. The topological polar surface area (TPSA) is 75.3 Å². The largest absolute Gasteiger partial charge is 0.326 e. The van der Waals surface area contributed by atoms with Gasteiger partial charge < -0.3 is 5.32 Å². The van der Waals surface area contributed by atoms with Crippen molar-refractivity contribution in [2.45, 2.75) is 19.3 Å². The number of sulfonamides is 1. The van der Waals surface area contributed by atoms with Crippen LogP contribution in [0.2, 0.25) is 5.02 Å². The Balaban J connectivity index is 1.99. The average molecular weight is 329 g/mol. The van der Waals surface area contributed by atoms with E-state index in [0.717, 1.165) is 19.1 Å². The molecule has 0 saturated carbocycles. The molecule has 1 aromatic rings. The molecule has 1 unspecified atom stereocenters. The minimum absolute atomic E-state index is 0.0774. The van der Waals surface area contributed by atoms with E-state index in [9.17, 15) is 13.2 Å². The molecule has 1 atom stereocenters. The number of rotatable bonds is 5. The van der Waals surface area contributed by atoms with Crippen molar-refractivity contribution in [3.8, 4) is 0 Å². The Bertz CT molecular complexity index is 671.